The number of unbranched alkanes of at least 4 members (excludes halogenated alkanes) is 13. The van der Waals surface area contributed by atoms with Crippen LogP contribution in [0.15, 0.2) is 59.6 Å². The van der Waals surface area contributed by atoms with E-state index < -0.39 is 66.5 Å². The Labute approximate surface area is 394 Å². The lowest BCUT2D eigenvalue weighted by atomic mass is 10.0. The second-order valence-corrected chi connectivity index (χ2v) is 17.3. The zero-order valence-corrected chi connectivity index (χ0v) is 39.0. The number of esters is 1. The maximum Gasteiger partial charge on any atom is 0.408 e. The monoisotopic (exact) mass is 937 g/mol. The lowest BCUT2D eigenvalue weighted by molar-refractivity contribution is -0.167. The van der Waals surface area contributed by atoms with Crippen molar-refractivity contribution >= 4 is 41.6 Å². The molecule has 67 heavy (non-hydrogen) atoms. The summed E-state index contributed by atoms with van der Waals surface area (Å²) in [5, 5.41) is 39.7. The van der Waals surface area contributed by atoms with Crippen molar-refractivity contribution in [2.45, 2.75) is 166 Å². The normalized spacial score (nSPS) is 16.7. The van der Waals surface area contributed by atoms with E-state index in [-0.39, 0.29) is 75.6 Å². The number of hydrogen-bond donors (Lipinski definition) is 6. The Morgan fingerprint density at radius 2 is 1.48 bits per heavy atom. The van der Waals surface area contributed by atoms with Gasteiger partial charge in [0.2, 0.25) is 23.6 Å². The number of amides is 5. The number of aromatic hydroxyl groups is 1. The summed E-state index contributed by atoms with van der Waals surface area (Å²) in [4.78, 5) is 83.7. The van der Waals surface area contributed by atoms with Crippen LogP contribution in [0.25, 0.3) is 0 Å². The summed E-state index contributed by atoms with van der Waals surface area (Å²) in [6, 6.07) is 10.0. The quantitative estimate of drug-likeness (QED) is 0.0210. The first kappa shape index (κ1) is 53.9. The molecule has 0 saturated carbocycles. The van der Waals surface area contributed by atoms with Crippen LogP contribution in [0.1, 0.15) is 146 Å². The third kappa shape index (κ3) is 19.9. The fraction of sp³-hybridized carbons (Fsp3) is 0.612. The van der Waals surface area contributed by atoms with Crippen LogP contribution < -0.4 is 16.0 Å². The summed E-state index contributed by atoms with van der Waals surface area (Å²) in [7, 11) is 0. The number of aliphatic imine (C=N–C) groups is 1. The van der Waals surface area contributed by atoms with Gasteiger partial charge in [-0.05, 0) is 62.6 Å². The molecule has 0 radical (unpaired) electrons. The van der Waals surface area contributed by atoms with Gasteiger partial charge < -0.3 is 35.3 Å². The van der Waals surface area contributed by atoms with Gasteiger partial charge in [0.05, 0.1) is 5.56 Å². The van der Waals surface area contributed by atoms with Gasteiger partial charge in [-0.1, -0.05) is 126 Å². The molecular weight excluding hydrogens is 865 g/mol. The highest BCUT2D eigenvalue weighted by Gasteiger charge is 2.34. The maximum atomic E-state index is 13.8. The highest BCUT2D eigenvalue weighted by molar-refractivity contribution is 6.00. The predicted octanol–water partition coefficient (Wildman–Crippen LogP) is 6.62. The number of para-hydroxylation sites is 1. The number of hydroxylamine groups is 4. The zero-order valence-electron chi connectivity index (χ0n) is 39.0. The van der Waals surface area contributed by atoms with E-state index in [9.17, 15) is 44.3 Å². The van der Waals surface area contributed by atoms with Crippen LogP contribution in [0.3, 0.4) is 0 Å². The van der Waals surface area contributed by atoms with Crippen molar-refractivity contribution in [1.29, 1.82) is 0 Å². The number of nitrogens with zero attached hydrogens (tertiary/aromatic N) is 3. The molecule has 4 atom stereocenters. The van der Waals surface area contributed by atoms with Crippen molar-refractivity contribution in [3.8, 4) is 5.75 Å². The summed E-state index contributed by atoms with van der Waals surface area (Å²) in [5.74, 6) is -3.75. The Bertz CT molecular complexity index is 1880. The van der Waals surface area contributed by atoms with Crippen LogP contribution in [0, 0.1) is 0 Å². The van der Waals surface area contributed by atoms with Crippen molar-refractivity contribution in [1.82, 2.24) is 26.1 Å². The minimum Gasteiger partial charge on any atom is -0.507 e. The first-order valence-electron chi connectivity index (χ1n) is 24.2. The molecule has 2 aromatic carbocycles. The molecule has 2 aromatic rings. The van der Waals surface area contributed by atoms with Gasteiger partial charge >= 0.3 is 12.1 Å². The first-order chi connectivity index (χ1) is 32.5. The van der Waals surface area contributed by atoms with Gasteiger partial charge in [-0.3, -0.25) is 29.6 Å². The number of rotatable bonds is 30. The van der Waals surface area contributed by atoms with E-state index in [1.807, 2.05) is 0 Å². The second kappa shape index (κ2) is 30.5. The molecule has 0 unspecified atom stereocenters. The maximum absolute atomic E-state index is 13.8. The average molecular weight is 937 g/mol. The third-order valence-corrected chi connectivity index (χ3v) is 11.8. The largest absolute Gasteiger partial charge is 0.507 e. The topological polar surface area (TPSA) is 246 Å². The summed E-state index contributed by atoms with van der Waals surface area (Å²) in [6.07, 6.45) is 16.2. The summed E-state index contributed by atoms with van der Waals surface area (Å²) < 4.78 is 16.5. The number of hydrogen-bond acceptors (Lipinski definition) is 13. The number of ether oxygens (including phenoxy) is 3. The van der Waals surface area contributed by atoms with Crippen molar-refractivity contribution in [3.05, 3.63) is 65.7 Å². The molecule has 1 saturated heterocycles. The van der Waals surface area contributed by atoms with E-state index >= 15 is 0 Å². The van der Waals surface area contributed by atoms with E-state index in [2.05, 4.69) is 27.9 Å². The Morgan fingerprint density at radius 3 is 2.16 bits per heavy atom. The van der Waals surface area contributed by atoms with Gasteiger partial charge in [0.15, 0.2) is 6.04 Å². The zero-order chi connectivity index (χ0) is 48.2. The highest BCUT2D eigenvalue weighted by atomic mass is 16.6. The molecule has 6 N–H and O–H groups in total. The molecule has 0 bridgehead atoms. The van der Waals surface area contributed by atoms with Crippen molar-refractivity contribution in [2.24, 2.45) is 4.99 Å². The lowest BCUT2D eigenvalue weighted by Crippen LogP contribution is -2.55. The van der Waals surface area contributed by atoms with Crippen LogP contribution in [-0.2, 0) is 44.8 Å². The molecular formula is C49H72N6O12. The molecule has 18 nitrogen and oxygen atoms in total. The van der Waals surface area contributed by atoms with Gasteiger partial charge in [0, 0.05) is 19.5 Å². The van der Waals surface area contributed by atoms with E-state index in [0.717, 1.165) is 19.3 Å². The molecule has 370 valence electrons. The predicted molar refractivity (Wildman–Crippen MR) is 248 cm³/mol. The van der Waals surface area contributed by atoms with Gasteiger partial charge in [-0.2, -0.15) is 0 Å². The van der Waals surface area contributed by atoms with Crippen LogP contribution in [-0.4, -0.2) is 118 Å². The van der Waals surface area contributed by atoms with Gasteiger partial charge in [0.25, 0.3) is 5.91 Å². The van der Waals surface area contributed by atoms with Crippen molar-refractivity contribution < 1.29 is 58.5 Å². The van der Waals surface area contributed by atoms with Crippen LogP contribution in [0.2, 0.25) is 0 Å². The van der Waals surface area contributed by atoms with Crippen LogP contribution >= 0.6 is 0 Å². The van der Waals surface area contributed by atoms with E-state index in [0.29, 0.717) is 35.0 Å². The van der Waals surface area contributed by atoms with Gasteiger partial charge in [-0.15, -0.1) is 0 Å². The Hall–Kier alpha value is -5.75. The Balaban J connectivity index is 1.33. The van der Waals surface area contributed by atoms with Crippen molar-refractivity contribution in [3.63, 3.8) is 0 Å². The highest BCUT2D eigenvalue weighted by Crippen LogP contribution is 2.22. The summed E-state index contributed by atoms with van der Waals surface area (Å²) >= 11 is 0. The Kier molecular flexibility index (Phi) is 24.5. The number of alkyl carbamates (subject to hydrolysis) is 1. The number of phenolic OH excluding ortho intramolecular Hbond substituents is 1. The fourth-order valence-corrected chi connectivity index (χ4v) is 7.77. The number of carbonyl (C=O) groups is 6. The molecule has 2 heterocycles. The minimum atomic E-state index is -1.57. The van der Waals surface area contributed by atoms with Crippen molar-refractivity contribution in [2.75, 3.05) is 26.3 Å². The number of phenols is 1. The Morgan fingerprint density at radius 1 is 0.821 bits per heavy atom. The van der Waals surface area contributed by atoms with E-state index in [1.54, 1.807) is 48.5 Å². The fourth-order valence-electron chi connectivity index (χ4n) is 7.77. The molecule has 2 aliphatic heterocycles. The summed E-state index contributed by atoms with van der Waals surface area (Å²) in [5.41, 5.74) is 0.950. The third-order valence-electron chi connectivity index (χ3n) is 11.8. The number of benzene rings is 2. The van der Waals surface area contributed by atoms with E-state index in [1.165, 1.54) is 63.9 Å². The molecule has 5 amide bonds. The molecule has 1 fully saturated rings. The van der Waals surface area contributed by atoms with Gasteiger partial charge in [-0.25, -0.2) is 24.7 Å². The molecule has 0 spiro atoms. The standard InChI is InChI=1S/C49H72N6O12/c1-2-3-4-5-6-7-8-9-10-11-12-13-17-30-43(57)54(63)31-22-21-28-39(51-44(58)40-34-65-46(52-40)37-26-18-19-29-42(37)56)48(61)66-35-41(53-49(62)67-33-36-24-15-14-16-25-36)45(59)50-38-27-20-23-32-55(64)47(38)60/h14-16,18-19,24-26,29,38-41,56,63-64H,2-13,17,20-23,27-28,30-35H2,1H3,(H,50,59)(H,51,58)(H,53,62)/t38-,39-,40-,41-/m0/s1. The SMILES string of the molecule is CCCCCCCCCCCCCCCC(=O)N(O)CCCC[C@H](NC(=O)[C@@H]1COC(c2ccccc2O)=N1)C(=O)OC[C@H](NC(=O)OCc1ccccc1)C(=O)N[C@H]1CCCCN(O)C1=O. The van der Waals surface area contributed by atoms with Crippen LogP contribution in [0.5, 0.6) is 5.75 Å². The molecule has 4 rings (SSSR count). The smallest absolute Gasteiger partial charge is 0.408 e. The van der Waals surface area contributed by atoms with E-state index in [4.69, 9.17) is 14.2 Å². The first-order valence-corrected chi connectivity index (χ1v) is 24.2. The number of carbonyl (C=O) groups excluding carboxylic acids is 6. The molecule has 0 aliphatic carbocycles. The summed E-state index contributed by atoms with van der Waals surface area (Å²) in [6.45, 7) is 1.25. The molecule has 18 heteroatoms. The van der Waals surface area contributed by atoms with Gasteiger partial charge in [0.1, 0.15) is 43.7 Å². The average Bonchev–Trinajstić information content (AvgIpc) is 3.77. The second-order valence-electron chi connectivity index (χ2n) is 17.3. The lowest BCUT2D eigenvalue weighted by Gasteiger charge is -2.24. The van der Waals surface area contributed by atoms with Crippen LogP contribution in [0.4, 0.5) is 4.79 Å². The molecule has 0 aromatic heterocycles. The minimum absolute atomic E-state index is 0.0125. The molecule has 2 aliphatic rings. The number of nitrogens with one attached hydrogen (secondary N) is 3.